The Labute approximate surface area is 198 Å². The number of nitrogen functional groups attached to an aromatic ring is 1. The minimum Gasteiger partial charge on any atom is -0.368 e. The Morgan fingerprint density at radius 3 is 2.46 bits per heavy atom. The molecule has 1 aromatic carbocycles. The number of anilines is 2. The first-order chi connectivity index (χ1) is 16.7. The van der Waals surface area contributed by atoms with E-state index in [1.165, 1.54) is 29.1 Å². The van der Waals surface area contributed by atoms with Crippen LogP contribution in [0, 0.1) is 11.6 Å². The van der Waals surface area contributed by atoms with E-state index in [0.29, 0.717) is 48.1 Å². The quantitative estimate of drug-likeness (QED) is 0.346. The Hall–Kier alpha value is -3.97. The van der Waals surface area contributed by atoms with Crippen LogP contribution >= 0.6 is 0 Å². The van der Waals surface area contributed by atoms with E-state index in [1.807, 2.05) is 0 Å². The zero-order valence-electron chi connectivity index (χ0n) is 18.1. The molecular weight excluding hydrogens is 480 g/mol. The van der Waals surface area contributed by atoms with Crippen LogP contribution in [0.1, 0.15) is 28.8 Å². The van der Waals surface area contributed by atoms with E-state index in [0.717, 1.165) is 12.1 Å². The highest BCUT2D eigenvalue weighted by Crippen LogP contribution is 2.30. The fourth-order valence-corrected chi connectivity index (χ4v) is 5.25. The first-order valence-corrected chi connectivity index (χ1v) is 12.0. The number of nitrogens with two attached hydrogens (primary N) is 1. The Morgan fingerprint density at radius 1 is 1.06 bits per heavy atom. The van der Waals surface area contributed by atoms with Crippen molar-refractivity contribution >= 4 is 38.7 Å². The van der Waals surface area contributed by atoms with E-state index in [4.69, 9.17) is 5.73 Å². The molecule has 0 bridgehead atoms. The van der Waals surface area contributed by atoms with E-state index in [1.54, 1.807) is 6.07 Å². The topological polar surface area (TPSA) is 147 Å². The molecule has 1 aliphatic rings. The summed E-state index contributed by atoms with van der Waals surface area (Å²) in [5.41, 5.74) is 5.53. The fraction of sp³-hybridized carbons (Fsp3) is 0.182. The molecule has 0 unspecified atom stereocenters. The fourth-order valence-electron chi connectivity index (χ4n) is 3.94. The molecule has 4 aromatic rings. The highest BCUT2D eigenvalue weighted by atomic mass is 32.2. The van der Waals surface area contributed by atoms with Crippen molar-refractivity contribution < 1.29 is 22.0 Å². The van der Waals surface area contributed by atoms with Crippen LogP contribution in [0.4, 0.5) is 20.4 Å². The molecule has 0 aliphatic carbocycles. The molecule has 0 radical (unpaired) electrons. The first kappa shape index (κ1) is 22.8. The molecule has 1 fully saturated rings. The number of carbonyl (C=O) groups excluding carboxylic acids is 1. The molecule has 180 valence electrons. The van der Waals surface area contributed by atoms with Gasteiger partial charge < -0.3 is 10.7 Å². The smallest absolute Gasteiger partial charge is 0.301 e. The molecule has 35 heavy (non-hydrogen) atoms. The lowest BCUT2D eigenvalue weighted by atomic mass is 10.0. The van der Waals surface area contributed by atoms with E-state index < -0.39 is 38.9 Å². The molecule has 13 heteroatoms. The molecule has 10 nitrogen and oxygen atoms in total. The van der Waals surface area contributed by atoms with Crippen LogP contribution in [-0.4, -0.2) is 51.5 Å². The van der Waals surface area contributed by atoms with Gasteiger partial charge in [0.1, 0.15) is 11.5 Å². The Bertz CT molecular complexity index is 1550. The summed E-state index contributed by atoms with van der Waals surface area (Å²) in [7, 11) is -4.05. The molecular formula is C22H19F2N7O3S. The van der Waals surface area contributed by atoms with Crippen LogP contribution in [0.25, 0.3) is 22.2 Å². The molecule has 4 N–H and O–H groups in total. The molecule has 5 rings (SSSR count). The van der Waals surface area contributed by atoms with Gasteiger partial charge in [-0.3, -0.25) is 9.52 Å². The highest BCUT2D eigenvalue weighted by Gasteiger charge is 2.29. The number of aromatic amines is 1. The Balaban J connectivity index is 1.53. The van der Waals surface area contributed by atoms with Crippen molar-refractivity contribution in [3.05, 3.63) is 65.7 Å². The summed E-state index contributed by atoms with van der Waals surface area (Å²) in [6.45, 7) is 0.599. The predicted octanol–water partition coefficient (Wildman–Crippen LogP) is 2.86. The summed E-state index contributed by atoms with van der Waals surface area (Å²) >= 11 is 0. The van der Waals surface area contributed by atoms with E-state index in [2.05, 4.69) is 24.7 Å². The number of ketones is 1. The second-order valence-corrected chi connectivity index (χ2v) is 9.65. The van der Waals surface area contributed by atoms with Crippen LogP contribution in [0.15, 0.2) is 43.0 Å². The lowest BCUT2D eigenvalue weighted by Gasteiger charge is -2.18. The molecule has 1 saturated heterocycles. The standard InChI is InChI=1S/C22H19F2N7O3S/c23-16-3-4-17(30-35(33,34)31-5-1-2-6-31)19(24)18(16)20(32)15-11-27-21-14(15)7-12(8-26-21)13-9-28-22(25)29-10-13/h3-4,7-11,30H,1-2,5-6H2,(H,26,27)(H2,25,28,29). The number of nitrogens with one attached hydrogen (secondary N) is 2. The Kier molecular flexibility index (Phi) is 5.65. The van der Waals surface area contributed by atoms with Gasteiger partial charge in [0.05, 0.1) is 11.3 Å². The van der Waals surface area contributed by atoms with Crippen LogP contribution in [-0.2, 0) is 10.2 Å². The maximum absolute atomic E-state index is 15.3. The third kappa shape index (κ3) is 4.19. The third-order valence-corrected chi connectivity index (χ3v) is 7.27. The van der Waals surface area contributed by atoms with Gasteiger partial charge in [-0.15, -0.1) is 0 Å². The number of rotatable bonds is 6. The highest BCUT2D eigenvalue weighted by molar-refractivity contribution is 7.90. The number of pyridine rings is 1. The van der Waals surface area contributed by atoms with Crippen molar-refractivity contribution in [3.63, 3.8) is 0 Å². The van der Waals surface area contributed by atoms with Gasteiger partial charge in [0, 0.05) is 60.0 Å². The number of aromatic nitrogens is 4. The number of nitrogens with zero attached hydrogens (tertiary/aromatic N) is 4. The average Bonchev–Trinajstić information content (AvgIpc) is 3.52. The zero-order valence-corrected chi connectivity index (χ0v) is 18.9. The number of halogens is 2. The van der Waals surface area contributed by atoms with Gasteiger partial charge in [-0.2, -0.15) is 12.7 Å². The van der Waals surface area contributed by atoms with Gasteiger partial charge in [-0.1, -0.05) is 0 Å². The van der Waals surface area contributed by atoms with Crippen molar-refractivity contribution in [3.8, 4) is 11.1 Å². The van der Waals surface area contributed by atoms with Crippen LogP contribution in [0.3, 0.4) is 0 Å². The number of carbonyl (C=O) groups is 1. The van der Waals surface area contributed by atoms with E-state index in [9.17, 15) is 17.6 Å². The summed E-state index contributed by atoms with van der Waals surface area (Å²) in [6.07, 6.45) is 7.16. The molecule has 1 aliphatic heterocycles. The molecule has 3 aromatic heterocycles. The monoisotopic (exact) mass is 499 g/mol. The number of hydrogen-bond acceptors (Lipinski definition) is 7. The van der Waals surface area contributed by atoms with Gasteiger partial charge in [-0.05, 0) is 31.0 Å². The summed E-state index contributed by atoms with van der Waals surface area (Å²) < 4.78 is 58.4. The number of fused-ring (bicyclic) bond motifs is 1. The normalized spacial score (nSPS) is 14.5. The largest absolute Gasteiger partial charge is 0.368 e. The summed E-state index contributed by atoms with van der Waals surface area (Å²) in [5, 5.41) is 0.311. The number of hydrogen-bond donors (Lipinski definition) is 3. The van der Waals surface area contributed by atoms with Crippen molar-refractivity contribution in [2.75, 3.05) is 23.5 Å². The van der Waals surface area contributed by atoms with Crippen molar-refractivity contribution in [2.45, 2.75) is 12.8 Å². The average molecular weight is 500 g/mol. The summed E-state index contributed by atoms with van der Waals surface area (Å²) in [6, 6.07) is 3.41. The maximum Gasteiger partial charge on any atom is 0.301 e. The van der Waals surface area contributed by atoms with E-state index >= 15 is 4.39 Å². The van der Waals surface area contributed by atoms with Gasteiger partial charge in [0.2, 0.25) is 11.7 Å². The predicted molar refractivity (Wildman–Crippen MR) is 125 cm³/mol. The van der Waals surface area contributed by atoms with Gasteiger partial charge in [-0.25, -0.2) is 23.7 Å². The van der Waals surface area contributed by atoms with Crippen LogP contribution < -0.4 is 10.5 Å². The minimum absolute atomic E-state index is 0.0388. The SMILES string of the molecule is Nc1ncc(-c2cnc3[nH]cc(C(=O)c4c(F)ccc(NS(=O)(=O)N5CCCC5)c4F)c3c2)cn1. The van der Waals surface area contributed by atoms with Crippen LogP contribution in [0.5, 0.6) is 0 Å². The van der Waals surface area contributed by atoms with Crippen LogP contribution in [0.2, 0.25) is 0 Å². The van der Waals surface area contributed by atoms with Gasteiger partial charge >= 0.3 is 10.2 Å². The summed E-state index contributed by atoms with van der Waals surface area (Å²) in [4.78, 5) is 28.2. The number of H-pyrrole nitrogens is 1. The molecule has 0 atom stereocenters. The van der Waals surface area contributed by atoms with Gasteiger partial charge in [0.25, 0.3) is 0 Å². The second kappa shape index (κ2) is 8.67. The van der Waals surface area contributed by atoms with E-state index in [-0.39, 0.29) is 11.5 Å². The molecule has 0 spiro atoms. The minimum atomic E-state index is -4.05. The zero-order chi connectivity index (χ0) is 24.7. The molecule has 4 heterocycles. The summed E-state index contributed by atoms with van der Waals surface area (Å²) in [5.74, 6) is -3.31. The van der Waals surface area contributed by atoms with Gasteiger partial charge in [0.15, 0.2) is 5.82 Å². The Morgan fingerprint density at radius 2 is 1.74 bits per heavy atom. The lowest BCUT2D eigenvalue weighted by Crippen LogP contribution is -2.33. The molecule has 0 saturated carbocycles. The molecule has 0 amide bonds. The first-order valence-electron chi connectivity index (χ1n) is 10.6. The van der Waals surface area contributed by atoms with Crippen molar-refractivity contribution in [1.29, 1.82) is 0 Å². The maximum atomic E-state index is 15.3. The lowest BCUT2D eigenvalue weighted by molar-refractivity contribution is 0.103. The van der Waals surface area contributed by atoms with Crippen molar-refractivity contribution in [2.24, 2.45) is 0 Å². The second-order valence-electron chi connectivity index (χ2n) is 7.98. The number of benzene rings is 1. The third-order valence-electron chi connectivity index (χ3n) is 5.74. The van der Waals surface area contributed by atoms with Crippen molar-refractivity contribution in [1.82, 2.24) is 24.2 Å².